The van der Waals surface area contributed by atoms with Crippen molar-refractivity contribution in [2.45, 2.75) is 25.2 Å². The molecule has 1 heterocycles. The standard InChI is InChI=1S/C19H18ClF3N2O4S/c1-30(27,28)25-8-7-17(29-16-6-5-14(20)10-15(16)25)18(26)24-11-12-3-2-4-13(9-12)19(21,22)23/h2-6,9-10,17H,7-8,11H2,1H3,(H,24,26). The summed E-state index contributed by atoms with van der Waals surface area (Å²) in [7, 11) is -3.65. The average molecular weight is 463 g/mol. The minimum Gasteiger partial charge on any atom is -0.478 e. The smallest absolute Gasteiger partial charge is 0.416 e. The molecule has 6 nitrogen and oxygen atoms in total. The van der Waals surface area contributed by atoms with Gasteiger partial charge >= 0.3 is 6.18 Å². The van der Waals surface area contributed by atoms with Gasteiger partial charge in [0.15, 0.2) is 6.10 Å². The van der Waals surface area contributed by atoms with Crippen molar-refractivity contribution in [3.05, 3.63) is 58.6 Å². The molecule has 3 rings (SSSR count). The minimum atomic E-state index is -4.48. The van der Waals surface area contributed by atoms with Crippen LogP contribution in [-0.4, -0.2) is 33.2 Å². The number of benzene rings is 2. The highest BCUT2D eigenvalue weighted by atomic mass is 35.5. The van der Waals surface area contributed by atoms with Crippen molar-refractivity contribution in [1.82, 2.24) is 5.32 Å². The minimum absolute atomic E-state index is 0.0200. The van der Waals surface area contributed by atoms with E-state index in [4.69, 9.17) is 16.3 Å². The third-order valence-corrected chi connectivity index (χ3v) is 5.88. The second-order valence-electron chi connectivity index (χ2n) is 6.76. The molecular formula is C19H18ClF3N2O4S. The summed E-state index contributed by atoms with van der Waals surface area (Å²) in [6.45, 7) is -0.153. The van der Waals surface area contributed by atoms with Crippen LogP contribution in [0, 0.1) is 0 Å². The van der Waals surface area contributed by atoms with Crippen molar-refractivity contribution < 1.29 is 31.1 Å². The molecule has 1 aliphatic heterocycles. The van der Waals surface area contributed by atoms with Gasteiger partial charge in [0.1, 0.15) is 5.75 Å². The number of rotatable bonds is 4. The summed E-state index contributed by atoms with van der Waals surface area (Å²) in [6, 6.07) is 9.03. The van der Waals surface area contributed by atoms with E-state index in [1.165, 1.54) is 30.3 Å². The van der Waals surface area contributed by atoms with E-state index in [0.717, 1.165) is 22.7 Å². The zero-order valence-electron chi connectivity index (χ0n) is 15.7. The molecular weight excluding hydrogens is 445 g/mol. The zero-order chi connectivity index (χ0) is 22.1. The summed E-state index contributed by atoms with van der Waals surface area (Å²) in [4.78, 5) is 12.6. The molecule has 0 aromatic heterocycles. The van der Waals surface area contributed by atoms with Gasteiger partial charge in [-0.3, -0.25) is 9.10 Å². The zero-order valence-corrected chi connectivity index (χ0v) is 17.3. The van der Waals surface area contributed by atoms with Crippen LogP contribution in [0.2, 0.25) is 5.02 Å². The highest BCUT2D eigenvalue weighted by molar-refractivity contribution is 7.92. The molecule has 1 aliphatic rings. The van der Waals surface area contributed by atoms with Crippen LogP contribution in [0.1, 0.15) is 17.5 Å². The van der Waals surface area contributed by atoms with Crippen molar-refractivity contribution in [3.8, 4) is 5.75 Å². The first-order chi connectivity index (χ1) is 13.9. The fourth-order valence-corrected chi connectivity index (χ4v) is 4.15. The average Bonchev–Trinajstić information content (AvgIpc) is 2.85. The summed E-state index contributed by atoms with van der Waals surface area (Å²) in [5.74, 6) is -0.398. The van der Waals surface area contributed by atoms with Gasteiger partial charge in [-0.2, -0.15) is 13.2 Å². The molecule has 0 saturated carbocycles. The predicted molar refractivity (Wildman–Crippen MR) is 106 cm³/mol. The van der Waals surface area contributed by atoms with Crippen LogP contribution < -0.4 is 14.4 Å². The van der Waals surface area contributed by atoms with Crippen molar-refractivity contribution in [1.29, 1.82) is 0 Å². The quantitative estimate of drug-likeness (QED) is 0.753. The predicted octanol–water partition coefficient (Wildman–Crippen LogP) is 3.59. The molecule has 0 radical (unpaired) electrons. The Hall–Kier alpha value is -2.46. The molecule has 1 amide bonds. The molecule has 1 atom stereocenters. The Morgan fingerprint density at radius 3 is 2.67 bits per heavy atom. The Bertz CT molecular complexity index is 1060. The van der Waals surface area contributed by atoms with E-state index in [-0.39, 0.29) is 36.5 Å². The van der Waals surface area contributed by atoms with E-state index < -0.39 is 33.8 Å². The monoisotopic (exact) mass is 462 g/mol. The number of carbonyl (C=O) groups excluding carboxylic acids is 1. The molecule has 0 bridgehead atoms. The van der Waals surface area contributed by atoms with Crippen molar-refractivity contribution >= 4 is 33.2 Å². The number of anilines is 1. The Balaban J connectivity index is 1.76. The van der Waals surface area contributed by atoms with Crippen LogP contribution >= 0.6 is 11.6 Å². The van der Waals surface area contributed by atoms with Crippen LogP contribution in [0.4, 0.5) is 18.9 Å². The normalized spacial score (nSPS) is 17.0. The molecule has 0 spiro atoms. The Morgan fingerprint density at radius 2 is 2.00 bits per heavy atom. The first-order valence-electron chi connectivity index (χ1n) is 8.83. The Kier molecular flexibility index (Phi) is 6.19. The Morgan fingerprint density at radius 1 is 1.27 bits per heavy atom. The number of halogens is 4. The van der Waals surface area contributed by atoms with E-state index in [1.54, 1.807) is 0 Å². The van der Waals surface area contributed by atoms with Gasteiger partial charge in [-0.25, -0.2) is 8.42 Å². The van der Waals surface area contributed by atoms with Gasteiger partial charge in [0.05, 0.1) is 17.5 Å². The third-order valence-electron chi connectivity index (χ3n) is 4.47. The second kappa shape index (κ2) is 8.35. The topological polar surface area (TPSA) is 75.7 Å². The fourth-order valence-electron chi connectivity index (χ4n) is 3.04. The first kappa shape index (κ1) is 22.2. The number of hydrogen-bond donors (Lipinski definition) is 1. The summed E-state index contributed by atoms with van der Waals surface area (Å²) >= 11 is 5.97. The molecule has 162 valence electrons. The number of carbonyl (C=O) groups is 1. The van der Waals surface area contributed by atoms with E-state index >= 15 is 0 Å². The number of amides is 1. The number of sulfonamides is 1. The fraction of sp³-hybridized carbons (Fsp3) is 0.316. The van der Waals surface area contributed by atoms with E-state index in [1.807, 2.05) is 0 Å². The maximum absolute atomic E-state index is 12.8. The first-order valence-corrected chi connectivity index (χ1v) is 11.1. The number of alkyl halides is 3. The molecule has 2 aromatic rings. The van der Waals surface area contributed by atoms with Gasteiger partial charge in [0, 0.05) is 24.5 Å². The van der Waals surface area contributed by atoms with Crippen molar-refractivity contribution in [2.75, 3.05) is 17.1 Å². The maximum atomic E-state index is 12.8. The van der Waals surface area contributed by atoms with E-state index in [0.29, 0.717) is 5.02 Å². The number of hydrogen-bond acceptors (Lipinski definition) is 4. The largest absolute Gasteiger partial charge is 0.478 e. The van der Waals surface area contributed by atoms with Gasteiger partial charge < -0.3 is 10.1 Å². The van der Waals surface area contributed by atoms with Crippen LogP contribution in [-0.2, 0) is 27.5 Å². The molecule has 1 unspecified atom stereocenters. The van der Waals surface area contributed by atoms with Crippen molar-refractivity contribution in [3.63, 3.8) is 0 Å². The highest BCUT2D eigenvalue weighted by Crippen LogP contribution is 2.36. The molecule has 0 aliphatic carbocycles. The molecule has 2 aromatic carbocycles. The highest BCUT2D eigenvalue weighted by Gasteiger charge is 2.32. The second-order valence-corrected chi connectivity index (χ2v) is 9.10. The molecule has 11 heteroatoms. The molecule has 30 heavy (non-hydrogen) atoms. The van der Waals surface area contributed by atoms with Crippen LogP contribution in [0.5, 0.6) is 5.75 Å². The van der Waals surface area contributed by atoms with E-state index in [9.17, 15) is 26.4 Å². The van der Waals surface area contributed by atoms with Gasteiger partial charge in [-0.05, 0) is 35.9 Å². The summed E-state index contributed by atoms with van der Waals surface area (Å²) in [5.41, 5.74) is -0.315. The summed E-state index contributed by atoms with van der Waals surface area (Å²) in [6.07, 6.45) is -4.42. The van der Waals surface area contributed by atoms with Gasteiger partial charge in [-0.15, -0.1) is 0 Å². The number of ether oxygens (including phenoxy) is 1. The molecule has 1 N–H and O–H groups in total. The van der Waals surface area contributed by atoms with Gasteiger partial charge in [0.25, 0.3) is 5.91 Å². The maximum Gasteiger partial charge on any atom is 0.416 e. The molecule has 0 saturated heterocycles. The lowest BCUT2D eigenvalue weighted by atomic mass is 10.1. The number of nitrogens with zero attached hydrogens (tertiary/aromatic N) is 1. The SMILES string of the molecule is CS(=O)(=O)N1CCC(C(=O)NCc2cccc(C(F)(F)F)c2)Oc2ccc(Cl)cc21. The Labute approximate surface area is 176 Å². The van der Waals surface area contributed by atoms with Crippen molar-refractivity contribution in [2.24, 2.45) is 0 Å². The number of fused-ring (bicyclic) bond motifs is 1. The van der Waals surface area contributed by atoms with Gasteiger partial charge in [-0.1, -0.05) is 23.7 Å². The lowest BCUT2D eigenvalue weighted by molar-refractivity contribution is -0.137. The molecule has 0 fully saturated rings. The third kappa shape index (κ3) is 5.17. The van der Waals surface area contributed by atoms with Crippen LogP contribution in [0.3, 0.4) is 0 Å². The van der Waals surface area contributed by atoms with Crippen LogP contribution in [0.25, 0.3) is 0 Å². The van der Waals surface area contributed by atoms with Gasteiger partial charge in [0.2, 0.25) is 10.0 Å². The summed E-state index contributed by atoms with van der Waals surface area (Å²) in [5, 5.41) is 2.85. The lowest BCUT2D eigenvalue weighted by Gasteiger charge is -2.21. The van der Waals surface area contributed by atoms with Crippen LogP contribution in [0.15, 0.2) is 42.5 Å². The summed E-state index contributed by atoms with van der Waals surface area (Å²) < 4.78 is 69.6. The number of nitrogens with one attached hydrogen (secondary N) is 1. The van der Waals surface area contributed by atoms with E-state index in [2.05, 4.69) is 5.32 Å². The lowest BCUT2D eigenvalue weighted by Crippen LogP contribution is -2.39.